The van der Waals surface area contributed by atoms with E-state index in [2.05, 4.69) is 0 Å². The van der Waals surface area contributed by atoms with Gasteiger partial charge in [-0.05, 0) is 41.5 Å². The predicted molar refractivity (Wildman–Crippen MR) is 90.0 cm³/mol. The first-order chi connectivity index (χ1) is 10.8. The van der Waals surface area contributed by atoms with Gasteiger partial charge < -0.3 is 10.5 Å². The quantitative estimate of drug-likeness (QED) is 0.564. The summed E-state index contributed by atoms with van der Waals surface area (Å²) >= 11 is 0. The molecule has 3 aromatic carbocycles. The summed E-state index contributed by atoms with van der Waals surface area (Å²) in [6, 6.07) is 22.6. The molecule has 0 fully saturated rings. The van der Waals surface area contributed by atoms with Crippen molar-refractivity contribution in [2.24, 2.45) is 0 Å². The largest absolute Gasteiger partial charge is 0.457 e. The van der Waals surface area contributed by atoms with Gasteiger partial charge in [-0.1, -0.05) is 36.4 Å². The van der Waals surface area contributed by atoms with E-state index in [1.807, 2.05) is 66.7 Å². The van der Waals surface area contributed by atoms with Gasteiger partial charge in [0.1, 0.15) is 11.5 Å². The molecule has 0 aromatic heterocycles. The summed E-state index contributed by atoms with van der Waals surface area (Å²) in [5, 5.41) is 0.770. The molecule has 0 unspecified atom stereocenters. The molecule has 0 saturated heterocycles. The number of hydrogen-bond donors (Lipinski definition) is 1. The third-order valence-corrected chi connectivity index (χ3v) is 3.85. The summed E-state index contributed by atoms with van der Waals surface area (Å²) in [5.74, 6) is 1.43. The molecule has 0 atom stereocenters. The SMILES string of the molecule is Nc1cccc(Oc2ccc(-c3ccccc3P=O)cc2)c1. The summed E-state index contributed by atoms with van der Waals surface area (Å²) < 4.78 is 17.0. The van der Waals surface area contributed by atoms with E-state index in [9.17, 15) is 4.57 Å². The van der Waals surface area contributed by atoms with Gasteiger partial charge in [-0.3, -0.25) is 4.57 Å². The third kappa shape index (κ3) is 3.16. The molecule has 0 aliphatic carbocycles. The van der Waals surface area contributed by atoms with Crippen molar-refractivity contribution in [2.45, 2.75) is 0 Å². The number of hydrogen-bond acceptors (Lipinski definition) is 3. The molecule has 3 nitrogen and oxygen atoms in total. The molecule has 3 rings (SSSR count). The molecule has 2 N–H and O–H groups in total. The fraction of sp³-hybridized carbons (Fsp3) is 0. The van der Waals surface area contributed by atoms with Gasteiger partial charge >= 0.3 is 0 Å². The number of nitrogens with two attached hydrogens (primary N) is 1. The first kappa shape index (κ1) is 14.3. The van der Waals surface area contributed by atoms with Crippen LogP contribution in [0.4, 0.5) is 5.69 Å². The van der Waals surface area contributed by atoms with Gasteiger partial charge in [0, 0.05) is 11.8 Å². The van der Waals surface area contributed by atoms with E-state index in [1.165, 1.54) is 0 Å². The molecular weight excluding hydrogens is 293 g/mol. The maximum atomic E-state index is 11.2. The molecule has 0 saturated carbocycles. The van der Waals surface area contributed by atoms with Gasteiger partial charge in [0.05, 0.1) is 5.30 Å². The minimum atomic E-state index is 0.0182. The molecule has 0 amide bonds. The molecule has 4 heteroatoms. The molecule has 0 heterocycles. The summed E-state index contributed by atoms with van der Waals surface area (Å²) in [6.45, 7) is 0. The minimum Gasteiger partial charge on any atom is -0.457 e. The van der Waals surface area contributed by atoms with Gasteiger partial charge in [-0.25, -0.2) is 0 Å². The van der Waals surface area contributed by atoms with E-state index in [1.54, 1.807) is 6.07 Å². The number of anilines is 1. The zero-order valence-electron chi connectivity index (χ0n) is 11.8. The number of rotatable bonds is 4. The standard InChI is InChI=1S/C18H14NO2P/c19-14-4-3-5-16(12-14)21-15-10-8-13(9-11-15)17-6-1-2-7-18(17)22-20/h1-12H,19H2. The van der Waals surface area contributed by atoms with Crippen molar-refractivity contribution in [3.8, 4) is 22.6 Å². The fourth-order valence-electron chi connectivity index (χ4n) is 2.21. The van der Waals surface area contributed by atoms with E-state index in [-0.39, 0.29) is 8.46 Å². The van der Waals surface area contributed by atoms with Crippen LogP contribution in [0, 0.1) is 0 Å². The highest BCUT2D eigenvalue weighted by atomic mass is 31.1. The smallest absolute Gasteiger partial charge is 0.192 e. The summed E-state index contributed by atoms with van der Waals surface area (Å²) in [7, 11) is 0.0182. The van der Waals surface area contributed by atoms with Gasteiger partial charge in [0.2, 0.25) is 0 Å². The molecule has 0 aliphatic heterocycles. The zero-order chi connectivity index (χ0) is 15.4. The van der Waals surface area contributed by atoms with Crippen molar-refractivity contribution < 1.29 is 9.30 Å². The second-order valence-corrected chi connectivity index (χ2v) is 5.47. The topological polar surface area (TPSA) is 52.3 Å². The van der Waals surface area contributed by atoms with E-state index >= 15 is 0 Å². The molecular formula is C18H14NO2P. The molecule has 0 spiro atoms. The van der Waals surface area contributed by atoms with Gasteiger partial charge in [0.15, 0.2) is 8.46 Å². The van der Waals surface area contributed by atoms with Crippen molar-refractivity contribution in [3.63, 3.8) is 0 Å². The highest BCUT2D eigenvalue weighted by Crippen LogP contribution is 2.26. The van der Waals surface area contributed by atoms with Crippen LogP contribution in [0.5, 0.6) is 11.5 Å². The van der Waals surface area contributed by atoms with Crippen molar-refractivity contribution in [1.29, 1.82) is 0 Å². The Balaban J connectivity index is 1.85. The van der Waals surface area contributed by atoms with Crippen LogP contribution in [0.15, 0.2) is 72.8 Å². The van der Waals surface area contributed by atoms with Crippen LogP contribution < -0.4 is 15.8 Å². The molecule has 0 bridgehead atoms. The highest BCUT2D eigenvalue weighted by Gasteiger charge is 2.05. The highest BCUT2D eigenvalue weighted by molar-refractivity contribution is 7.34. The normalized spacial score (nSPS) is 10.5. The minimum absolute atomic E-state index is 0.0182. The van der Waals surface area contributed by atoms with Gasteiger partial charge in [-0.2, -0.15) is 0 Å². The Labute approximate surface area is 130 Å². The second-order valence-electron chi connectivity index (χ2n) is 4.81. The van der Waals surface area contributed by atoms with Crippen LogP contribution in [0.25, 0.3) is 11.1 Å². The Hall–Kier alpha value is -2.64. The lowest BCUT2D eigenvalue weighted by Crippen LogP contribution is -1.96. The van der Waals surface area contributed by atoms with Crippen molar-refractivity contribution >= 4 is 19.5 Å². The van der Waals surface area contributed by atoms with Crippen LogP contribution in [-0.2, 0) is 4.57 Å². The summed E-state index contributed by atoms with van der Waals surface area (Å²) in [5.41, 5.74) is 8.35. The number of nitrogen functional groups attached to an aromatic ring is 1. The van der Waals surface area contributed by atoms with E-state index < -0.39 is 0 Å². The van der Waals surface area contributed by atoms with Crippen LogP contribution in [0.2, 0.25) is 0 Å². The van der Waals surface area contributed by atoms with Gasteiger partial charge in [-0.15, -0.1) is 0 Å². The van der Waals surface area contributed by atoms with Gasteiger partial charge in [0.25, 0.3) is 0 Å². The lowest BCUT2D eigenvalue weighted by molar-refractivity contribution is 0.483. The Morgan fingerprint density at radius 2 is 1.59 bits per heavy atom. The Morgan fingerprint density at radius 3 is 2.32 bits per heavy atom. The Kier molecular flexibility index (Phi) is 4.17. The first-order valence-electron chi connectivity index (χ1n) is 6.82. The number of ether oxygens (including phenoxy) is 1. The molecule has 22 heavy (non-hydrogen) atoms. The van der Waals surface area contributed by atoms with Crippen LogP contribution >= 0.6 is 8.46 Å². The Morgan fingerprint density at radius 1 is 0.818 bits per heavy atom. The lowest BCUT2D eigenvalue weighted by Gasteiger charge is -2.08. The lowest BCUT2D eigenvalue weighted by atomic mass is 10.1. The van der Waals surface area contributed by atoms with Crippen LogP contribution in [-0.4, -0.2) is 0 Å². The summed E-state index contributed by atoms with van der Waals surface area (Å²) in [4.78, 5) is 0. The molecule has 3 aromatic rings. The number of benzene rings is 3. The van der Waals surface area contributed by atoms with E-state index in [0.29, 0.717) is 11.4 Å². The summed E-state index contributed by atoms with van der Waals surface area (Å²) in [6.07, 6.45) is 0. The average Bonchev–Trinajstić information content (AvgIpc) is 2.56. The van der Waals surface area contributed by atoms with Crippen LogP contribution in [0.3, 0.4) is 0 Å². The predicted octanol–water partition coefficient (Wildman–Crippen LogP) is 4.65. The zero-order valence-corrected chi connectivity index (χ0v) is 12.7. The molecule has 0 radical (unpaired) electrons. The monoisotopic (exact) mass is 307 g/mol. The average molecular weight is 307 g/mol. The van der Waals surface area contributed by atoms with E-state index in [4.69, 9.17) is 10.5 Å². The third-order valence-electron chi connectivity index (χ3n) is 3.26. The van der Waals surface area contributed by atoms with Crippen molar-refractivity contribution in [2.75, 3.05) is 5.73 Å². The van der Waals surface area contributed by atoms with Crippen molar-refractivity contribution in [1.82, 2.24) is 0 Å². The van der Waals surface area contributed by atoms with Crippen molar-refractivity contribution in [3.05, 3.63) is 72.8 Å². The second kappa shape index (κ2) is 6.42. The van der Waals surface area contributed by atoms with Crippen LogP contribution in [0.1, 0.15) is 0 Å². The fourth-order valence-corrected chi connectivity index (χ4v) is 2.66. The maximum Gasteiger partial charge on any atom is 0.192 e. The first-order valence-corrected chi connectivity index (χ1v) is 7.64. The molecule has 108 valence electrons. The molecule has 0 aliphatic rings. The Bertz CT molecular complexity index is 800. The maximum absolute atomic E-state index is 11.2. The van der Waals surface area contributed by atoms with E-state index in [0.717, 1.165) is 22.2 Å².